The molecule has 3 rings (SSSR count). The zero-order valence-electron chi connectivity index (χ0n) is 18.8. The van der Waals surface area contributed by atoms with Gasteiger partial charge in [-0.25, -0.2) is 4.79 Å². The predicted molar refractivity (Wildman–Crippen MR) is 116 cm³/mol. The molecule has 1 fully saturated rings. The van der Waals surface area contributed by atoms with Crippen LogP contribution in [-0.2, 0) is 27.3 Å². The molecule has 2 heterocycles. The molecular weight excluding hydrogens is 434 g/mol. The van der Waals surface area contributed by atoms with Crippen molar-refractivity contribution in [1.82, 2.24) is 4.98 Å². The summed E-state index contributed by atoms with van der Waals surface area (Å²) in [7, 11) is 0. The molecule has 4 atom stereocenters. The van der Waals surface area contributed by atoms with E-state index in [0.717, 1.165) is 18.4 Å². The Balaban J connectivity index is 1.87. The Kier molecular flexibility index (Phi) is 8.46. The largest absolute Gasteiger partial charge is 0.656 e. The number of aliphatic hydroxyl groups is 5. The number of fused-ring (bicyclic) bond motifs is 1. The zero-order valence-corrected chi connectivity index (χ0v) is 18.8. The summed E-state index contributed by atoms with van der Waals surface area (Å²) in [6.45, 7) is 2.62. The van der Waals surface area contributed by atoms with Crippen molar-refractivity contribution in [2.75, 3.05) is 19.8 Å². The first-order chi connectivity index (χ1) is 15.7. The molecule has 0 unspecified atom stereocenters. The van der Waals surface area contributed by atoms with Crippen LogP contribution in [0.15, 0.2) is 18.2 Å². The van der Waals surface area contributed by atoms with Crippen molar-refractivity contribution in [3.05, 3.63) is 29.5 Å². The highest BCUT2D eigenvalue weighted by Gasteiger charge is 2.57. The minimum atomic E-state index is -2.41. The lowest BCUT2D eigenvalue weighted by Gasteiger charge is -2.23. The topological polar surface area (TPSA) is 160 Å². The third-order valence-corrected chi connectivity index (χ3v) is 5.66. The highest BCUT2D eigenvalue weighted by molar-refractivity contribution is 5.91. The van der Waals surface area contributed by atoms with Gasteiger partial charge in [0.25, 0.3) is 0 Å². The van der Waals surface area contributed by atoms with Gasteiger partial charge >= 0.3 is 5.97 Å². The number of carbonyl (C=O) groups is 1. The maximum absolute atomic E-state index is 13.0. The predicted octanol–water partition coefficient (Wildman–Crippen LogP) is -0.00850. The van der Waals surface area contributed by atoms with E-state index in [1.807, 2.05) is 12.1 Å². The first kappa shape index (κ1) is 25.6. The van der Waals surface area contributed by atoms with Crippen molar-refractivity contribution in [3.63, 3.8) is 0 Å². The van der Waals surface area contributed by atoms with E-state index in [-0.39, 0.29) is 31.1 Å². The third-order valence-electron chi connectivity index (χ3n) is 5.66. The van der Waals surface area contributed by atoms with Crippen molar-refractivity contribution in [1.29, 1.82) is 0 Å². The van der Waals surface area contributed by atoms with Gasteiger partial charge < -0.3 is 44.7 Å². The van der Waals surface area contributed by atoms with Gasteiger partial charge in [0.1, 0.15) is 18.0 Å². The Morgan fingerprint density at radius 1 is 1.27 bits per heavy atom. The van der Waals surface area contributed by atoms with Crippen LogP contribution in [0, 0.1) is 5.92 Å². The number of aliphatic hydroxyl groups excluding tert-OH is 4. The molecule has 1 aromatic carbocycles. The molecule has 0 bridgehead atoms. The Labute approximate surface area is 191 Å². The minimum Gasteiger partial charge on any atom is -0.656 e. The molecule has 5 N–H and O–H groups in total. The third kappa shape index (κ3) is 5.55. The van der Waals surface area contributed by atoms with Gasteiger partial charge in [0.05, 0.1) is 13.2 Å². The molecule has 1 aliphatic heterocycles. The quantitative estimate of drug-likeness (QED) is 0.225. The summed E-state index contributed by atoms with van der Waals surface area (Å²) in [5.41, 5.74) is 1.73. The second-order valence-electron chi connectivity index (χ2n) is 8.65. The van der Waals surface area contributed by atoms with E-state index in [0.29, 0.717) is 16.8 Å². The maximum atomic E-state index is 13.0. The Morgan fingerprint density at radius 2 is 2.03 bits per heavy atom. The number of nitrogens with zero attached hydrogens (tertiary/aromatic N) is 1. The molecule has 1 aliphatic rings. The van der Waals surface area contributed by atoms with Gasteiger partial charge in [-0.2, -0.15) is 0 Å². The van der Waals surface area contributed by atoms with E-state index in [9.17, 15) is 25.2 Å². The summed E-state index contributed by atoms with van der Waals surface area (Å²) in [5, 5.41) is 49.4. The van der Waals surface area contributed by atoms with Gasteiger partial charge in [0.15, 0.2) is 6.10 Å². The second-order valence-corrected chi connectivity index (χ2v) is 8.65. The summed E-state index contributed by atoms with van der Waals surface area (Å²) >= 11 is 0. The Bertz CT molecular complexity index is 943. The monoisotopic (exact) mass is 466 g/mol. The molecule has 0 saturated carbocycles. The van der Waals surface area contributed by atoms with Gasteiger partial charge in [-0.3, -0.25) is 0 Å². The van der Waals surface area contributed by atoms with Crippen LogP contribution >= 0.6 is 0 Å². The van der Waals surface area contributed by atoms with Crippen molar-refractivity contribution in [3.8, 4) is 5.75 Å². The number of esters is 1. The fourth-order valence-electron chi connectivity index (χ4n) is 3.76. The van der Waals surface area contributed by atoms with Crippen molar-refractivity contribution in [2.24, 2.45) is 5.92 Å². The molecule has 0 aliphatic carbocycles. The molecule has 184 valence electrons. The lowest BCUT2D eigenvalue weighted by molar-refractivity contribution is -0.246. The molecule has 0 spiro atoms. The van der Waals surface area contributed by atoms with Crippen LogP contribution in [0.25, 0.3) is 10.9 Å². The molecule has 0 radical (unpaired) electrons. The molecule has 1 saturated heterocycles. The number of aryl methyl sites for hydroxylation is 1. The van der Waals surface area contributed by atoms with Crippen LogP contribution in [0.4, 0.5) is 0 Å². The van der Waals surface area contributed by atoms with Crippen LogP contribution in [-0.4, -0.2) is 75.4 Å². The number of benzene rings is 1. The first-order valence-corrected chi connectivity index (χ1v) is 11.1. The van der Waals surface area contributed by atoms with E-state index < -0.39 is 43.3 Å². The fraction of sp³-hybridized carbons (Fsp3) is 0.609. The van der Waals surface area contributed by atoms with E-state index in [1.165, 1.54) is 0 Å². The van der Waals surface area contributed by atoms with Crippen LogP contribution in [0.2, 0.25) is 0 Å². The normalized spacial score (nSPS) is 25.3. The lowest BCUT2D eigenvalue weighted by Crippen LogP contribution is -2.47. The molecular formula is C23H32NO9-. The lowest BCUT2D eigenvalue weighted by atomic mass is 10.0. The number of rotatable bonds is 11. The second kappa shape index (κ2) is 10.9. The van der Waals surface area contributed by atoms with E-state index >= 15 is 0 Å². The average molecular weight is 467 g/mol. The Hall–Kier alpha value is -2.05. The van der Waals surface area contributed by atoms with Crippen molar-refractivity contribution >= 4 is 16.9 Å². The average Bonchev–Trinajstić information content (AvgIpc) is 3.27. The number of hydrogen-bond donors (Lipinski definition) is 5. The van der Waals surface area contributed by atoms with Crippen LogP contribution < -0.4 is 9.72 Å². The van der Waals surface area contributed by atoms with Crippen LogP contribution in [0.5, 0.6) is 5.75 Å². The van der Waals surface area contributed by atoms with Crippen LogP contribution in [0.3, 0.4) is 0 Å². The van der Waals surface area contributed by atoms with Crippen LogP contribution in [0.1, 0.15) is 37.9 Å². The highest BCUT2D eigenvalue weighted by atomic mass is 16.7. The van der Waals surface area contributed by atoms with Gasteiger partial charge in [-0.1, -0.05) is 31.7 Å². The van der Waals surface area contributed by atoms with E-state index in [1.54, 1.807) is 6.07 Å². The molecule has 10 heteroatoms. The Morgan fingerprint density at radius 3 is 2.67 bits per heavy atom. The van der Waals surface area contributed by atoms with Crippen molar-refractivity contribution < 1.29 is 44.5 Å². The molecule has 33 heavy (non-hydrogen) atoms. The van der Waals surface area contributed by atoms with Gasteiger partial charge in [-0.05, 0) is 36.8 Å². The summed E-state index contributed by atoms with van der Waals surface area (Å²) < 4.78 is 16.3. The molecule has 10 nitrogen and oxygen atoms in total. The number of hydrogen-bond acceptors (Lipinski definition) is 9. The zero-order chi connectivity index (χ0) is 24.2. The number of carbonyl (C=O) groups excluding carboxylic acids is 1. The molecule has 2 aromatic rings. The minimum absolute atomic E-state index is 0.0190. The van der Waals surface area contributed by atoms with E-state index in [2.05, 4.69) is 18.8 Å². The molecule has 1 aromatic heterocycles. The smallest absolute Gasteiger partial charge is 0.343 e. The standard InChI is InChI=1S/C23H32NO9/c1-13(2)4-5-14-6-7-16-15(10-14)18(17(11-26)24-16)32-22(29)20-19(31-9-3-8-25)21(28)23(30,12-27)33-20/h6-7,10,13,19-21,25-28,30H,3-5,8-9,11-12H2,1-2H3/q-1/t19-,20+,21+,23-/m0/s1. The number of aromatic nitrogens is 1. The van der Waals surface area contributed by atoms with Gasteiger partial charge in [0, 0.05) is 18.6 Å². The summed E-state index contributed by atoms with van der Waals surface area (Å²) in [4.78, 5) is 17.3. The summed E-state index contributed by atoms with van der Waals surface area (Å²) in [5.74, 6) is -2.81. The number of ether oxygens (including phenoxy) is 3. The SMILES string of the molecule is CC(C)CCc1ccc2[n-]c(CO)c(OC(=O)[C@@H]3O[C@@](O)(CO)[C@H](O)[C@H]3OCCCO)c2c1. The molecule has 0 amide bonds. The van der Waals surface area contributed by atoms with E-state index in [4.69, 9.17) is 19.3 Å². The van der Waals surface area contributed by atoms with Crippen molar-refractivity contribution in [2.45, 2.75) is 63.8 Å². The van der Waals surface area contributed by atoms with Gasteiger partial charge in [0.2, 0.25) is 5.79 Å². The fourth-order valence-corrected chi connectivity index (χ4v) is 3.76. The summed E-state index contributed by atoms with van der Waals surface area (Å²) in [6.07, 6.45) is -2.60. The summed E-state index contributed by atoms with van der Waals surface area (Å²) in [6, 6.07) is 5.59. The van der Waals surface area contributed by atoms with Gasteiger partial charge in [-0.15, -0.1) is 5.52 Å². The first-order valence-electron chi connectivity index (χ1n) is 11.1. The maximum Gasteiger partial charge on any atom is 0.343 e. The highest BCUT2D eigenvalue weighted by Crippen LogP contribution is 2.35.